The summed E-state index contributed by atoms with van der Waals surface area (Å²) in [5, 5.41) is 14.9. The molecule has 0 saturated heterocycles. The summed E-state index contributed by atoms with van der Waals surface area (Å²) in [6.45, 7) is 0. The van der Waals surface area contributed by atoms with E-state index in [0.29, 0.717) is 5.56 Å². The molecule has 186 valence electrons. The third-order valence-electron chi connectivity index (χ3n) is 7.77. The van der Waals surface area contributed by atoms with Crippen LogP contribution >= 0.6 is 11.3 Å². The van der Waals surface area contributed by atoms with Crippen molar-refractivity contribution < 1.29 is 4.42 Å². The lowest BCUT2D eigenvalue weighted by Gasteiger charge is -2.18. The van der Waals surface area contributed by atoms with Gasteiger partial charge in [0.2, 0.25) is 0 Å². The van der Waals surface area contributed by atoms with Crippen LogP contribution in [-0.2, 0) is 0 Å². The molecule has 2 aromatic heterocycles. The first-order valence-corrected chi connectivity index (χ1v) is 14.1. The zero-order valence-electron chi connectivity index (χ0n) is 21.4. The van der Waals surface area contributed by atoms with Gasteiger partial charge in [-0.15, -0.1) is 11.3 Å². The first kappa shape index (κ1) is 22.8. The van der Waals surface area contributed by atoms with Gasteiger partial charge in [0.25, 0.3) is 0 Å². The summed E-state index contributed by atoms with van der Waals surface area (Å²) in [4.78, 5) is 0. The van der Waals surface area contributed by atoms with Crippen molar-refractivity contribution in [2.24, 2.45) is 0 Å². The van der Waals surface area contributed by atoms with Crippen LogP contribution in [0.15, 0.2) is 132 Å². The van der Waals surface area contributed by atoms with Crippen LogP contribution in [0, 0.1) is 11.3 Å². The number of nitriles is 1. The Morgan fingerprint density at radius 1 is 0.500 bits per heavy atom. The Morgan fingerprint density at radius 2 is 1.10 bits per heavy atom. The lowest BCUT2D eigenvalue weighted by molar-refractivity contribution is 0.670. The molecule has 8 rings (SSSR count). The summed E-state index contributed by atoms with van der Waals surface area (Å²) >= 11 is 1.82. The van der Waals surface area contributed by atoms with E-state index in [9.17, 15) is 5.26 Å². The van der Waals surface area contributed by atoms with Crippen molar-refractivity contribution in [2.45, 2.75) is 0 Å². The van der Waals surface area contributed by atoms with Crippen LogP contribution in [-0.4, -0.2) is 0 Å². The molecular formula is C37H21NOS. The van der Waals surface area contributed by atoms with Gasteiger partial charge < -0.3 is 4.42 Å². The minimum Gasteiger partial charge on any atom is -0.455 e. The first-order valence-electron chi connectivity index (χ1n) is 13.3. The molecule has 0 aliphatic heterocycles. The summed E-state index contributed by atoms with van der Waals surface area (Å²) in [5.41, 5.74) is 8.66. The van der Waals surface area contributed by atoms with E-state index in [1.54, 1.807) is 0 Å². The van der Waals surface area contributed by atoms with Gasteiger partial charge in [-0.1, -0.05) is 109 Å². The smallest absolute Gasteiger partial charge is 0.143 e. The average Bonchev–Trinajstić information content (AvgIpc) is 3.59. The Kier molecular flexibility index (Phi) is 5.10. The molecule has 6 aromatic carbocycles. The van der Waals surface area contributed by atoms with Crippen molar-refractivity contribution >= 4 is 53.4 Å². The van der Waals surface area contributed by atoms with Crippen molar-refractivity contribution in [1.29, 1.82) is 5.26 Å². The highest BCUT2D eigenvalue weighted by atomic mass is 32.1. The number of para-hydroxylation sites is 2. The van der Waals surface area contributed by atoms with Gasteiger partial charge in [-0.05, 0) is 34.9 Å². The molecule has 0 amide bonds. The maximum Gasteiger partial charge on any atom is 0.143 e. The molecule has 0 aliphatic carbocycles. The fraction of sp³-hybridized carbons (Fsp3) is 0. The van der Waals surface area contributed by atoms with Crippen molar-refractivity contribution in [3.05, 3.63) is 133 Å². The molecule has 0 radical (unpaired) electrons. The van der Waals surface area contributed by atoms with Crippen LogP contribution in [0.5, 0.6) is 0 Å². The zero-order valence-corrected chi connectivity index (χ0v) is 22.2. The number of benzene rings is 6. The van der Waals surface area contributed by atoms with Crippen molar-refractivity contribution in [3.8, 4) is 39.4 Å². The zero-order chi connectivity index (χ0) is 26.6. The van der Waals surface area contributed by atoms with E-state index < -0.39 is 0 Å². The van der Waals surface area contributed by atoms with Crippen molar-refractivity contribution in [2.75, 3.05) is 0 Å². The lowest BCUT2D eigenvalue weighted by atomic mass is 9.85. The number of nitrogens with zero attached hydrogens (tertiary/aromatic N) is 1. The van der Waals surface area contributed by atoms with Gasteiger partial charge >= 0.3 is 0 Å². The standard InChI is InChI=1S/C37H21NOS/c38-22-23-10-1-2-11-24(23)35-27(30-17-8-16-29-25-12-3-5-20-33(25)39-36(29)30)14-7-15-28(35)32-19-9-18-31-26-13-4-6-21-34(26)40-37(31)32/h1-21H. The number of furan rings is 1. The van der Waals surface area contributed by atoms with Crippen LogP contribution in [0.3, 0.4) is 0 Å². The number of hydrogen-bond acceptors (Lipinski definition) is 3. The van der Waals surface area contributed by atoms with Crippen molar-refractivity contribution in [1.82, 2.24) is 0 Å². The SMILES string of the molecule is N#Cc1ccccc1-c1c(-c2cccc3c2oc2ccccc23)cccc1-c1cccc2c1sc1ccccc12. The molecule has 2 heterocycles. The Hall–Kier alpha value is -5.17. The van der Waals surface area contributed by atoms with Gasteiger partial charge in [-0.25, -0.2) is 0 Å². The minimum absolute atomic E-state index is 0.650. The molecule has 2 nitrogen and oxygen atoms in total. The van der Waals surface area contributed by atoms with Crippen LogP contribution in [0.1, 0.15) is 5.56 Å². The van der Waals surface area contributed by atoms with E-state index in [4.69, 9.17) is 4.42 Å². The normalized spacial score (nSPS) is 11.5. The molecule has 0 atom stereocenters. The van der Waals surface area contributed by atoms with Crippen molar-refractivity contribution in [3.63, 3.8) is 0 Å². The van der Waals surface area contributed by atoms with E-state index in [2.05, 4.69) is 97.1 Å². The van der Waals surface area contributed by atoms with Gasteiger partial charge in [0.15, 0.2) is 0 Å². The molecule has 0 aliphatic rings. The van der Waals surface area contributed by atoms with Gasteiger partial charge in [0, 0.05) is 47.6 Å². The Morgan fingerprint density at radius 3 is 1.98 bits per heavy atom. The average molecular weight is 528 g/mol. The van der Waals surface area contributed by atoms with Crippen LogP contribution < -0.4 is 0 Å². The quantitative estimate of drug-likeness (QED) is 0.229. The molecule has 0 N–H and O–H groups in total. The first-order chi connectivity index (χ1) is 19.8. The predicted molar refractivity (Wildman–Crippen MR) is 168 cm³/mol. The van der Waals surface area contributed by atoms with Gasteiger partial charge in [-0.3, -0.25) is 0 Å². The van der Waals surface area contributed by atoms with E-state index in [0.717, 1.165) is 49.8 Å². The largest absolute Gasteiger partial charge is 0.455 e. The molecule has 0 bridgehead atoms. The van der Waals surface area contributed by atoms with E-state index in [-0.39, 0.29) is 0 Å². The Labute approximate surface area is 235 Å². The van der Waals surface area contributed by atoms with E-state index >= 15 is 0 Å². The summed E-state index contributed by atoms with van der Waals surface area (Å²) < 4.78 is 9.00. The molecule has 40 heavy (non-hydrogen) atoms. The highest BCUT2D eigenvalue weighted by Crippen LogP contribution is 2.47. The van der Waals surface area contributed by atoms with Crippen LogP contribution in [0.4, 0.5) is 0 Å². The monoisotopic (exact) mass is 527 g/mol. The fourth-order valence-corrected chi connectivity index (χ4v) is 7.24. The maximum atomic E-state index is 10.2. The molecule has 3 heteroatoms. The summed E-state index contributed by atoms with van der Waals surface area (Å²) in [6.07, 6.45) is 0. The summed E-state index contributed by atoms with van der Waals surface area (Å²) in [5.74, 6) is 0. The molecule has 8 aromatic rings. The van der Waals surface area contributed by atoms with E-state index in [1.807, 2.05) is 47.7 Å². The molecule has 0 saturated carbocycles. The topological polar surface area (TPSA) is 36.9 Å². The van der Waals surface area contributed by atoms with Crippen LogP contribution in [0.2, 0.25) is 0 Å². The third-order valence-corrected chi connectivity index (χ3v) is 8.99. The molecule has 0 unspecified atom stereocenters. The van der Waals surface area contributed by atoms with Gasteiger partial charge in [-0.2, -0.15) is 5.26 Å². The Balaban J connectivity index is 1.50. The van der Waals surface area contributed by atoms with E-state index in [1.165, 1.54) is 25.7 Å². The second-order valence-corrected chi connectivity index (χ2v) is 11.0. The lowest BCUT2D eigenvalue weighted by Crippen LogP contribution is -1.93. The Bertz CT molecular complexity index is 2160. The minimum atomic E-state index is 0.650. The second-order valence-electron chi connectivity index (χ2n) is 9.95. The summed E-state index contributed by atoms with van der Waals surface area (Å²) in [7, 11) is 0. The number of rotatable bonds is 3. The molecule has 0 spiro atoms. The molecule has 0 fully saturated rings. The highest BCUT2D eigenvalue weighted by molar-refractivity contribution is 7.26. The third kappa shape index (κ3) is 3.34. The maximum absolute atomic E-state index is 10.2. The highest BCUT2D eigenvalue weighted by Gasteiger charge is 2.21. The second kappa shape index (κ2) is 8.95. The summed E-state index contributed by atoms with van der Waals surface area (Å²) in [6, 6.07) is 46.5. The number of hydrogen-bond donors (Lipinski definition) is 0. The molecular weight excluding hydrogens is 506 g/mol. The van der Waals surface area contributed by atoms with Gasteiger partial charge in [0.1, 0.15) is 11.2 Å². The number of fused-ring (bicyclic) bond motifs is 6. The fourth-order valence-electron chi connectivity index (χ4n) is 6.01. The predicted octanol–water partition coefficient (Wildman–Crippen LogP) is 10.8. The number of thiophene rings is 1. The van der Waals surface area contributed by atoms with Gasteiger partial charge in [0.05, 0.1) is 11.6 Å². The van der Waals surface area contributed by atoms with Crippen LogP contribution in [0.25, 0.3) is 75.5 Å².